The Morgan fingerprint density at radius 2 is 1.90 bits per heavy atom. The molecule has 12 heteroatoms. The van der Waals surface area contributed by atoms with Gasteiger partial charge in [0.05, 0.1) is 0 Å². The molecule has 2 heterocycles. The van der Waals surface area contributed by atoms with Crippen molar-refractivity contribution < 1.29 is 32.5 Å². The zero-order valence-electron chi connectivity index (χ0n) is 15.4. The molecule has 2 amide bonds. The van der Waals surface area contributed by atoms with Gasteiger partial charge in [-0.3, -0.25) is 14.1 Å². The summed E-state index contributed by atoms with van der Waals surface area (Å²) in [6.45, 7) is 3.36. The van der Waals surface area contributed by atoms with Crippen LogP contribution in [0.3, 0.4) is 0 Å². The van der Waals surface area contributed by atoms with Crippen LogP contribution in [0.25, 0.3) is 0 Å². The SMILES string of the molecule is CC1(C)SC2C(NC(=O)C(c3ccc(CCl)cc3)S(=O)(=O)O)C(=O)N2C1C(=O)O. The summed E-state index contributed by atoms with van der Waals surface area (Å²) < 4.78 is 32.5. The molecular formula is C17H19ClN2O7S2. The minimum absolute atomic E-state index is 0.0188. The number of thioether (sulfide) groups is 1. The number of halogens is 1. The summed E-state index contributed by atoms with van der Waals surface area (Å²) in [6.07, 6.45) is 0. The molecule has 0 saturated carbocycles. The third-order valence-corrected chi connectivity index (χ3v) is 7.91. The number of benzene rings is 1. The second-order valence-corrected chi connectivity index (χ2v) is 10.9. The highest BCUT2D eigenvalue weighted by atomic mass is 35.5. The average Bonchev–Trinajstić information content (AvgIpc) is 2.87. The van der Waals surface area contributed by atoms with E-state index in [1.54, 1.807) is 13.8 Å². The highest BCUT2D eigenvalue weighted by molar-refractivity contribution is 8.01. The third-order valence-electron chi connectivity index (χ3n) is 4.95. The van der Waals surface area contributed by atoms with Crippen LogP contribution in [0.5, 0.6) is 0 Å². The number of nitrogens with one attached hydrogen (secondary N) is 1. The highest BCUT2D eigenvalue weighted by Gasteiger charge is 2.64. The molecule has 4 atom stereocenters. The van der Waals surface area contributed by atoms with Crippen LogP contribution < -0.4 is 5.32 Å². The third kappa shape index (κ3) is 3.83. The molecular weight excluding hydrogens is 444 g/mol. The molecule has 9 nitrogen and oxygen atoms in total. The lowest BCUT2D eigenvalue weighted by molar-refractivity contribution is -0.161. The number of fused-ring (bicyclic) bond motifs is 1. The van der Waals surface area contributed by atoms with E-state index in [9.17, 15) is 32.5 Å². The van der Waals surface area contributed by atoms with Gasteiger partial charge in [-0.1, -0.05) is 24.3 Å². The van der Waals surface area contributed by atoms with Gasteiger partial charge in [-0.25, -0.2) is 4.79 Å². The van der Waals surface area contributed by atoms with E-state index in [0.717, 1.165) is 0 Å². The summed E-state index contributed by atoms with van der Waals surface area (Å²) in [7, 11) is -4.82. The standard InChI is InChI=1S/C17H19ClN2O7S2/c1-17(2)12(16(23)24)20-14(22)10(15(20)28-17)19-13(21)11(29(25,26)27)9-5-3-8(7-18)4-6-9/h3-6,10-12,15H,7H2,1-2H3,(H,19,21)(H,23,24)(H,25,26,27). The number of carbonyl (C=O) groups is 3. The molecule has 4 unspecified atom stereocenters. The topological polar surface area (TPSA) is 141 Å². The predicted molar refractivity (Wildman–Crippen MR) is 106 cm³/mol. The number of carboxylic acid groups (broad SMARTS) is 1. The van der Waals surface area contributed by atoms with Gasteiger partial charge in [0, 0.05) is 10.6 Å². The van der Waals surface area contributed by atoms with E-state index in [0.29, 0.717) is 5.56 Å². The molecule has 2 aliphatic heterocycles. The lowest BCUT2D eigenvalue weighted by atomic mass is 9.96. The summed E-state index contributed by atoms with van der Waals surface area (Å²) in [5.74, 6) is -2.64. The zero-order valence-corrected chi connectivity index (χ0v) is 17.8. The number of carbonyl (C=O) groups excluding carboxylic acids is 2. The van der Waals surface area contributed by atoms with Crippen LogP contribution in [0.2, 0.25) is 0 Å². The van der Waals surface area contributed by atoms with E-state index in [-0.39, 0.29) is 11.4 Å². The van der Waals surface area contributed by atoms with E-state index in [4.69, 9.17) is 11.6 Å². The minimum atomic E-state index is -4.82. The van der Waals surface area contributed by atoms with Gasteiger partial charge in [0.25, 0.3) is 10.1 Å². The van der Waals surface area contributed by atoms with Gasteiger partial charge in [-0.2, -0.15) is 8.42 Å². The van der Waals surface area contributed by atoms with Crippen molar-refractivity contribution in [2.24, 2.45) is 0 Å². The van der Waals surface area contributed by atoms with Crippen molar-refractivity contribution in [1.29, 1.82) is 0 Å². The molecule has 0 spiro atoms. The number of amides is 2. The summed E-state index contributed by atoms with van der Waals surface area (Å²) in [5, 5.41) is 9.22. The largest absolute Gasteiger partial charge is 0.480 e. The van der Waals surface area contributed by atoms with Crippen molar-refractivity contribution >= 4 is 51.3 Å². The lowest BCUT2D eigenvalue weighted by Crippen LogP contribution is -2.71. The smallest absolute Gasteiger partial charge is 0.327 e. The van der Waals surface area contributed by atoms with Crippen molar-refractivity contribution in [2.45, 2.75) is 47.2 Å². The first kappa shape index (κ1) is 21.9. The Hall–Kier alpha value is -1.82. The molecule has 0 radical (unpaired) electrons. The van der Waals surface area contributed by atoms with Gasteiger partial charge in [-0.15, -0.1) is 23.4 Å². The molecule has 2 saturated heterocycles. The summed E-state index contributed by atoms with van der Waals surface area (Å²) in [4.78, 5) is 37.9. The Morgan fingerprint density at radius 1 is 1.31 bits per heavy atom. The maximum atomic E-state index is 12.7. The van der Waals surface area contributed by atoms with Crippen LogP contribution in [0.4, 0.5) is 0 Å². The molecule has 1 aromatic rings. The number of carboxylic acids is 1. The molecule has 0 bridgehead atoms. The van der Waals surface area contributed by atoms with E-state index < -0.39 is 55.4 Å². The van der Waals surface area contributed by atoms with Crippen molar-refractivity contribution in [3.8, 4) is 0 Å². The molecule has 1 aromatic carbocycles. The number of hydrogen-bond donors (Lipinski definition) is 3. The van der Waals surface area contributed by atoms with E-state index >= 15 is 0 Å². The molecule has 2 aliphatic rings. The summed E-state index contributed by atoms with van der Waals surface area (Å²) >= 11 is 6.91. The van der Waals surface area contributed by atoms with Crippen LogP contribution in [0, 0.1) is 0 Å². The van der Waals surface area contributed by atoms with Crippen LogP contribution in [0.15, 0.2) is 24.3 Å². The molecule has 0 aromatic heterocycles. The molecule has 158 valence electrons. The van der Waals surface area contributed by atoms with Gasteiger partial charge >= 0.3 is 5.97 Å². The van der Waals surface area contributed by atoms with Gasteiger partial charge in [0.2, 0.25) is 11.8 Å². The Labute approximate surface area is 176 Å². The highest BCUT2D eigenvalue weighted by Crippen LogP contribution is 2.50. The quantitative estimate of drug-likeness (QED) is 0.323. The van der Waals surface area contributed by atoms with Crippen LogP contribution in [0.1, 0.15) is 30.2 Å². The Bertz CT molecular complexity index is 964. The fourth-order valence-electron chi connectivity index (χ4n) is 3.61. The summed E-state index contributed by atoms with van der Waals surface area (Å²) in [5.41, 5.74) is 0.712. The lowest BCUT2D eigenvalue weighted by Gasteiger charge is -2.43. The molecule has 0 aliphatic carbocycles. The molecule has 3 N–H and O–H groups in total. The van der Waals surface area contributed by atoms with Gasteiger partial charge < -0.3 is 15.3 Å². The normalized spacial score (nSPS) is 26.4. The van der Waals surface area contributed by atoms with Gasteiger partial charge in [0.15, 0.2) is 5.25 Å². The van der Waals surface area contributed by atoms with E-state index in [1.165, 1.54) is 40.9 Å². The number of alkyl halides is 1. The van der Waals surface area contributed by atoms with Gasteiger partial charge in [-0.05, 0) is 25.0 Å². The van der Waals surface area contributed by atoms with E-state index in [2.05, 4.69) is 5.32 Å². The Kier molecular flexibility index (Phi) is 5.63. The second-order valence-electron chi connectivity index (χ2n) is 7.35. The second kappa shape index (κ2) is 7.46. The molecule has 3 rings (SSSR count). The Morgan fingerprint density at radius 3 is 2.38 bits per heavy atom. The Balaban J connectivity index is 1.83. The summed E-state index contributed by atoms with van der Waals surface area (Å²) in [6, 6.07) is 3.63. The monoisotopic (exact) mass is 462 g/mol. The van der Waals surface area contributed by atoms with Crippen molar-refractivity contribution in [3.63, 3.8) is 0 Å². The zero-order chi connectivity index (χ0) is 21.7. The van der Waals surface area contributed by atoms with Crippen molar-refractivity contribution in [2.75, 3.05) is 0 Å². The maximum Gasteiger partial charge on any atom is 0.327 e. The number of nitrogens with zero attached hydrogens (tertiary/aromatic N) is 1. The molecule has 29 heavy (non-hydrogen) atoms. The van der Waals surface area contributed by atoms with Crippen molar-refractivity contribution in [1.82, 2.24) is 10.2 Å². The number of aliphatic carboxylic acids is 1. The number of rotatable bonds is 6. The molecule has 2 fully saturated rings. The van der Waals surface area contributed by atoms with Gasteiger partial charge in [0.1, 0.15) is 17.5 Å². The fourth-order valence-corrected chi connectivity index (χ4v) is 6.26. The first-order valence-electron chi connectivity index (χ1n) is 8.52. The minimum Gasteiger partial charge on any atom is -0.480 e. The maximum absolute atomic E-state index is 12.7. The average molecular weight is 463 g/mol. The van der Waals surface area contributed by atoms with Crippen molar-refractivity contribution in [3.05, 3.63) is 35.4 Å². The van der Waals surface area contributed by atoms with Crippen LogP contribution in [-0.4, -0.2) is 63.0 Å². The fraction of sp³-hybridized carbons (Fsp3) is 0.471. The van der Waals surface area contributed by atoms with Crippen LogP contribution in [-0.2, 0) is 30.4 Å². The first-order valence-corrected chi connectivity index (χ1v) is 11.4. The number of β-lactam (4-membered cyclic amide) rings is 1. The predicted octanol–water partition coefficient (Wildman–Crippen LogP) is 0.986. The number of hydrogen-bond acceptors (Lipinski definition) is 6. The van der Waals surface area contributed by atoms with Crippen LogP contribution >= 0.6 is 23.4 Å². The van der Waals surface area contributed by atoms with E-state index in [1.807, 2.05) is 0 Å². The first-order chi connectivity index (χ1) is 13.4.